The van der Waals surface area contributed by atoms with Gasteiger partial charge in [0, 0.05) is 76.9 Å². The summed E-state index contributed by atoms with van der Waals surface area (Å²) >= 11 is 0. The van der Waals surface area contributed by atoms with Crippen LogP contribution in [0, 0.1) is 47.5 Å². The van der Waals surface area contributed by atoms with Crippen molar-refractivity contribution in [2.75, 3.05) is 21.3 Å². The second kappa shape index (κ2) is 50.3. The molecule has 0 aromatic heterocycles. The van der Waals surface area contributed by atoms with Gasteiger partial charge in [-0.05, 0) is 350 Å². The normalized spacial score (nSPS) is 14.4. The second-order valence-corrected chi connectivity index (χ2v) is 40.0. The molecule has 2 aliphatic carbocycles. The minimum Gasteiger partial charge on any atom is -0.344 e. The van der Waals surface area contributed by atoms with Crippen LogP contribution in [0.3, 0.4) is 0 Å². The van der Waals surface area contributed by atoms with Gasteiger partial charge < -0.3 is 21.3 Å². The topological polar surface area (TPSA) is 147 Å². The number of hydrogen-bond acceptors (Lipinski definition) is 8. The summed E-state index contributed by atoms with van der Waals surface area (Å²) in [6, 6.07) is 66.5. The number of nitrogens with one attached hydrogen (secondary N) is 4. The second-order valence-electron chi connectivity index (χ2n) is 37.3. The molecule has 0 amide bonds. The number of aryl methyl sites for hydroxylation is 6. The van der Waals surface area contributed by atoms with E-state index in [1.54, 1.807) is 0 Å². The van der Waals surface area contributed by atoms with Gasteiger partial charge in [-0.15, -0.1) is 0 Å². The number of benzene rings is 9. The van der Waals surface area contributed by atoms with Gasteiger partial charge in [-0.1, -0.05) is 217 Å². The largest absolute Gasteiger partial charge is 0.344 e. The average Bonchev–Trinajstić information content (AvgIpc) is 0.818. The third-order valence-corrected chi connectivity index (χ3v) is 26.4. The lowest BCUT2D eigenvalue weighted by atomic mass is 9.86. The zero-order chi connectivity index (χ0) is 91.0. The quantitative estimate of drug-likeness (QED) is 0.0231. The smallest absolute Gasteiger partial charge is 0.124 e. The zero-order valence-corrected chi connectivity index (χ0v) is 82.4. The maximum Gasteiger partial charge on any atom is 0.124 e. The highest BCUT2D eigenvalue weighted by Gasteiger charge is 2.35. The van der Waals surface area contributed by atoms with Crippen molar-refractivity contribution in [1.82, 2.24) is 0 Å². The van der Waals surface area contributed by atoms with Crippen LogP contribution in [0.15, 0.2) is 228 Å². The molecule has 2 fully saturated rings. The molecule has 0 bridgehead atoms. The van der Waals surface area contributed by atoms with Crippen molar-refractivity contribution >= 4 is 111 Å². The monoisotopic (exact) mass is 1700 g/mol. The Bertz CT molecular complexity index is 5070. The van der Waals surface area contributed by atoms with Crippen molar-refractivity contribution in [2.45, 2.75) is 324 Å². The summed E-state index contributed by atoms with van der Waals surface area (Å²) in [4.78, 5) is 39.1. The maximum atomic E-state index is 5.26. The number of rotatable bonds is 27. The molecular formula is C112H153N12P. The Morgan fingerprint density at radius 1 is 0.304 bits per heavy atom. The summed E-state index contributed by atoms with van der Waals surface area (Å²) in [7, 11) is -0.262. The van der Waals surface area contributed by atoms with Crippen LogP contribution in [0.1, 0.15) is 312 Å². The molecule has 0 radical (unpaired) electrons. The summed E-state index contributed by atoms with van der Waals surface area (Å²) in [5.74, 6) is 5.12. The number of nitrogens with zero attached hydrogens (tertiary/aromatic N) is 8. The predicted octanol–water partition coefficient (Wildman–Crippen LogP) is 33.1. The van der Waals surface area contributed by atoms with Crippen molar-refractivity contribution in [3.8, 4) is 0 Å². The fourth-order valence-electron chi connectivity index (χ4n) is 17.1. The molecule has 2 aliphatic rings. The first-order chi connectivity index (χ1) is 59.6. The molecule has 0 aliphatic heterocycles. The lowest BCUT2D eigenvalue weighted by Crippen LogP contribution is -2.28. The van der Waals surface area contributed by atoms with E-state index >= 15 is 0 Å². The SMILES string of the molecule is CC(CC(C)C)=Nc1cccc(NC(C)=NC(C)C)c1.CC(Cc1c(C(C)C)cccc1C(C)C)=Nc1cccc(NC(C)=Nc2c(C(C)C)cccc2C(C)C)c1.CC(Cc1c(C)cccc1C)=Nc1ccc(NC(=NC(C)C)P(C2CCCCC2)C2CCCCC2)cc1.CC(Cc1c(C)cccc1C)=Nc1cccc(NC(C)=Nc2c(C)cccc2C)c1. The predicted molar refractivity (Wildman–Crippen MR) is 556 cm³/mol. The molecular weight excluding hydrogens is 1540 g/mol. The molecule has 0 heterocycles. The standard InChI is InChI=1S/C35H47N3.C33H48N3P.C27H31N3.C17H27N3/c1-22(2)30-16-12-17-31(23(3)4)34(30)20-26(9)36-28-14-11-15-29(21-28)37-27(10)38-35-32(24(5)6)18-13-19-33(35)25(7)8;1-24(2)34-33(37(30-15-8-6-9-16-30)31-17-10-7-11-18-31)36-29-21-19-28(20-22-29)35-27(5)23-32-25(3)13-12-14-26(32)4;1-18-10-7-11-19(2)26(18)16-22(5)28-24-14-9-15-25(17-24)29-23(6)30-27-20(3)12-8-13-21(27)4;1-12(2)10-14(5)19-16-8-7-9-17(11-16)20-15(6)18-13(3)4/h11-19,21-25H,20H2,1-10H3,(H,37,38);12-14,19-22,24,30-31H,6-11,15-18,23H2,1-5H3,(H,34,36);7-15,17H,16H2,1-6H3,(H,29,30);7-9,11-13H,10H2,1-6H3,(H,18,20). The minimum absolute atomic E-state index is 0.262. The van der Waals surface area contributed by atoms with Gasteiger partial charge in [-0.3, -0.25) is 30.0 Å². The van der Waals surface area contributed by atoms with Crippen LogP contribution < -0.4 is 21.3 Å². The van der Waals surface area contributed by atoms with Gasteiger partial charge in [0.15, 0.2) is 0 Å². The first kappa shape index (κ1) is 100. The highest BCUT2D eigenvalue weighted by Crippen LogP contribution is 2.57. The van der Waals surface area contributed by atoms with Gasteiger partial charge in [0.2, 0.25) is 0 Å². The van der Waals surface area contributed by atoms with Gasteiger partial charge in [0.25, 0.3) is 0 Å². The molecule has 0 spiro atoms. The number of para-hydroxylation sites is 2. The molecule has 13 heteroatoms. The van der Waals surface area contributed by atoms with Crippen LogP contribution in [-0.2, 0) is 19.3 Å². The van der Waals surface area contributed by atoms with E-state index in [2.05, 4.69) is 349 Å². The Hall–Kier alpha value is -10.0. The molecule has 0 unspecified atom stereocenters. The highest BCUT2D eigenvalue weighted by atomic mass is 31.1. The number of hydrogen-bond donors (Lipinski definition) is 4. The molecule has 2 saturated carbocycles. The number of aliphatic imine (C=N–C) groups is 8. The Kier molecular flexibility index (Phi) is 40.4. The summed E-state index contributed by atoms with van der Waals surface area (Å²) in [5.41, 5.74) is 35.1. The highest BCUT2D eigenvalue weighted by molar-refractivity contribution is 7.76. The van der Waals surface area contributed by atoms with E-state index in [9.17, 15) is 0 Å². The molecule has 666 valence electrons. The molecule has 11 rings (SSSR count). The third-order valence-electron chi connectivity index (χ3n) is 23.1. The number of anilines is 4. The van der Waals surface area contributed by atoms with Gasteiger partial charge in [-0.25, -0.2) is 9.98 Å². The molecule has 9 aromatic rings. The molecule has 12 nitrogen and oxygen atoms in total. The van der Waals surface area contributed by atoms with Gasteiger partial charge in [0.05, 0.1) is 40.0 Å². The van der Waals surface area contributed by atoms with E-state index in [4.69, 9.17) is 30.0 Å². The van der Waals surface area contributed by atoms with Crippen LogP contribution in [0.5, 0.6) is 0 Å². The van der Waals surface area contributed by atoms with Crippen LogP contribution in [0.2, 0.25) is 0 Å². The lowest BCUT2D eigenvalue weighted by Gasteiger charge is -2.39. The molecule has 0 atom stereocenters. The summed E-state index contributed by atoms with van der Waals surface area (Å²) in [5, 5.41) is 14.1. The van der Waals surface area contributed by atoms with Crippen molar-refractivity contribution in [3.05, 3.63) is 260 Å². The van der Waals surface area contributed by atoms with E-state index < -0.39 is 0 Å². The van der Waals surface area contributed by atoms with E-state index in [1.807, 2.05) is 57.2 Å². The van der Waals surface area contributed by atoms with Crippen molar-refractivity contribution in [2.24, 2.45) is 45.9 Å². The van der Waals surface area contributed by atoms with Crippen LogP contribution in [0.4, 0.5) is 56.9 Å². The first-order valence-electron chi connectivity index (χ1n) is 46.6. The van der Waals surface area contributed by atoms with E-state index in [-0.39, 0.29) is 7.92 Å². The molecule has 125 heavy (non-hydrogen) atoms. The lowest BCUT2D eigenvalue weighted by molar-refractivity contribution is 0.487. The van der Waals surface area contributed by atoms with Gasteiger partial charge in [0.1, 0.15) is 17.2 Å². The maximum absolute atomic E-state index is 5.26. The first-order valence-corrected chi connectivity index (χ1v) is 48.1. The molecule has 0 saturated heterocycles. The fraction of sp³-hybridized carbons (Fsp3) is 0.446. The van der Waals surface area contributed by atoms with Crippen molar-refractivity contribution in [1.29, 1.82) is 0 Å². The van der Waals surface area contributed by atoms with Crippen LogP contribution >= 0.6 is 7.92 Å². The molecule has 4 N–H and O–H groups in total. The van der Waals surface area contributed by atoms with E-state index in [0.29, 0.717) is 41.7 Å². The van der Waals surface area contributed by atoms with E-state index in [0.717, 1.165) is 129 Å². The van der Waals surface area contributed by atoms with Gasteiger partial charge >= 0.3 is 0 Å². The van der Waals surface area contributed by atoms with Crippen molar-refractivity contribution < 1.29 is 0 Å². The third kappa shape index (κ3) is 33.0. The summed E-state index contributed by atoms with van der Waals surface area (Å²) < 4.78 is 0. The minimum atomic E-state index is -0.262. The Morgan fingerprint density at radius 2 is 0.632 bits per heavy atom. The van der Waals surface area contributed by atoms with Crippen molar-refractivity contribution in [3.63, 3.8) is 0 Å². The Labute approximate surface area is 757 Å². The number of amidine groups is 4. The zero-order valence-electron chi connectivity index (χ0n) is 81.5. The van der Waals surface area contributed by atoms with Crippen LogP contribution in [-0.4, -0.2) is 69.3 Å². The van der Waals surface area contributed by atoms with Gasteiger partial charge in [-0.2, -0.15) is 0 Å². The Balaban J connectivity index is 0.000000211. The summed E-state index contributed by atoms with van der Waals surface area (Å²) in [6.45, 7) is 58.4. The Morgan fingerprint density at radius 3 is 1.01 bits per heavy atom. The van der Waals surface area contributed by atoms with Crippen LogP contribution in [0.25, 0.3) is 0 Å². The summed E-state index contributed by atoms with van der Waals surface area (Å²) in [6.07, 6.45) is 17.7. The van der Waals surface area contributed by atoms with E-state index in [1.165, 1.54) is 148 Å². The average molecular weight is 1700 g/mol. The fourth-order valence-corrected chi connectivity index (χ4v) is 20.9. The molecule has 9 aromatic carbocycles.